The van der Waals surface area contributed by atoms with Crippen molar-refractivity contribution in [2.75, 3.05) is 13.2 Å². The smallest absolute Gasteiger partial charge is 0.0701 e. The number of aliphatic hydroxyl groups excluding tert-OH is 1. The topological polar surface area (TPSA) is 28.4 Å². The van der Waals surface area contributed by atoms with Crippen molar-refractivity contribution in [3.8, 4) is 0 Å². The van der Waals surface area contributed by atoms with Gasteiger partial charge in [0, 0.05) is 47.9 Å². The number of aromatic nitrogens is 1. The number of nitrogens with zero attached hydrogens (tertiary/aromatic N) is 2. The van der Waals surface area contributed by atoms with E-state index in [2.05, 4.69) is 28.7 Å². The predicted molar refractivity (Wildman–Crippen MR) is 91.4 cm³/mol. The predicted octanol–water partition coefficient (Wildman–Crippen LogP) is 3.50. The highest BCUT2D eigenvalue weighted by Crippen LogP contribution is 2.36. The molecular formula is C19H26N2O. The van der Waals surface area contributed by atoms with Gasteiger partial charge in [0.1, 0.15) is 0 Å². The Hall–Kier alpha value is -1.74. The third kappa shape index (κ3) is 2.34. The summed E-state index contributed by atoms with van der Waals surface area (Å²) in [5.41, 5.74) is 8.12. The van der Waals surface area contributed by atoms with Crippen LogP contribution in [0.1, 0.15) is 43.6 Å². The van der Waals surface area contributed by atoms with Gasteiger partial charge in [-0.05, 0) is 44.7 Å². The Kier molecular flexibility index (Phi) is 4.00. The van der Waals surface area contributed by atoms with E-state index in [9.17, 15) is 5.11 Å². The number of aryl methyl sites for hydroxylation is 1. The van der Waals surface area contributed by atoms with Crippen molar-refractivity contribution in [2.24, 2.45) is 0 Å². The molecule has 0 aromatic carbocycles. The van der Waals surface area contributed by atoms with Crippen LogP contribution in [-0.2, 0) is 19.4 Å². The van der Waals surface area contributed by atoms with Gasteiger partial charge in [-0.25, -0.2) is 0 Å². The highest BCUT2D eigenvalue weighted by atomic mass is 16.3. The maximum atomic E-state index is 9.63. The molecule has 0 amide bonds. The highest BCUT2D eigenvalue weighted by molar-refractivity contribution is 5.69. The minimum Gasteiger partial charge on any atom is -0.392 e. The Balaban J connectivity index is 1.94. The van der Waals surface area contributed by atoms with E-state index in [-0.39, 0.29) is 6.61 Å². The second-order valence-corrected chi connectivity index (χ2v) is 6.54. The summed E-state index contributed by atoms with van der Waals surface area (Å²) < 4.78 is 2.50. The van der Waals surface area contributed by atoms with E-state index in [1.807, 2.05) is 13.8 Å². The number of allylic oxidation sites excluding steroid dienone is 1. The van der Waals surface area contributed by atoms with Gasteiger partial charge in [0.2, 0.25) is 0 Å². The molecule has 3 rings (SSSR count). The van der Waals surface area contributed by atoms with Gasteiger partial charge in [-0.15, -0.1) is 0 Å². The lowest BCUT2D eigenvalue weighted by molar-refractivity contribution is 0.324. The molecule has 1 aromatic heterocycles. The van der Waals surface area contributed by atoms with Gasteiger partial charge in [0.25, 0.3) is 0 Å². The number of hydrogen-bond acceptors (Lipinski definition) is 2. The molecule has 0 unspecified atom stereocenters. The molecule has 0 atom stereocenters. The molecule has 0 saturated carbocycles. The van der Waals surface area contributed by atoms with E-state index in [4.69, 9.17) is 0 Å². The summed E-state index contributed by atoms with van der Waals surface area (Å²) >= 11 is 0. The Morgan fingerprint density at radius 2 is 2.00 bits per heavy atom. The van der Waals surface area contributed by atoms with Gasteiger partial charge < -0.3 is 14.6 Å². The van der Waals surface area contributed by atoms with E-state index in [1.54, 1.807) is 0 Å². The van der Waals surface area contributed by atoms with Crippen molar-refractivity contribution in [1.82, 2.24) is 9.47 Å². The lowest BCUT2D eigenvalue weighted by Crippen LogP contribution is -2.30. The molecule has 0 radical (unpaired) electrons. The molecule has 0 fully saturated rings. The Morgan fingerprint density at radius 1 is 1.23 bits per heavy atom. The van der Waals surface area contributed by atoms with Crippen molar-refractivity contribution in [3.05, 3.63) is 53.0 Å². The van der Waals surface area contributed by atoms with Gasteiger partial charge in [-0.2, -0.15) is 0 Å². The minimum absolute atomic E-state index is 0.0318. The zero-order valence-corrected chi connectivity index (χ0v) is 13.8. The summed E-state index contributed by atoms with van der Waals surface area (Å²) in [6, 6.07) is 2.32. The SMILES string of the molecule is C=C(C(CO)=C(C)C)N1CCc2c(cc3n2CCCC3)C1=C. The summed E-state index contributed by atoms with van der Waals surface area (Å²) in [7, 11) is 0. The molecule has 1 aromatic rings. The average Bonchev–Trinajstić information content (AvgIpc) is 2.87. The number of aliphatic hydroxyl groups is 1. The maximum absolute atomic E-state index is 9.63. The number of hydrogen-bond donors (Lipinski definition) is 1. The zero-order chi connectivity index (χ0) is 15.9. The van der Waals surface area contributed by atoms with Crippen molar-refractivity contribution in [2.45, 2.75) is 46.1 Å². The molecule has 118 valence electrons. The summed E-state index contributed by atoms with van der Waals surface area (Å²) in [6.45, 7) is 14.7. The zero-order valence-electron chi connectivity index (χ0n) is 13.8. The van der Waals surface area contributed by atoms with Gasteiger partial charge in [0.05, 0.1) is 6.61 Å². The summed E-state index contributed by atoms with van der Waals surface area (Å²) in [6.07, 6.45) is 4.77. The summed E-state index contributed by atoms with van der Waals surface area (Å²) in [5, 5.41) is 9.63. The van der Waals surface area contributed by atoms with E-state index in [1.165, 1.54) is 36.2 Å². The maximum Gasteiger partial charge on any atom is 0.0701 e. The summed E-state index contributed by atoms with van der Waals surface area (Å²) in [4.78, 5) is 2.17. The first-order chi connectivity index (χ1) is 10.5. The molecule has 2 aliphatic heterocycles. The molecule has 1 N–H and O–H groups in total. The van der Waals surface area contributed by atoms with Crippen LogP contribution < -0.4 is 0 Å². The highest BCUT2D eigenvalue weighted by Gasteiger charge is 2.28. The lowest BCUT2D eigenvalue weighted by atomic mass is 10.0. The Labute approximate surface area is 133 Å². The fourth-order valence-corrected chi connectivity index (χ4v) is 3.72. The first-order valence-corrected chi connectivity index (χ1v) is 8.19. The molecule has 0 aliphatic carbocycles. The quantitative estimate of drug-likeness (QED) is 0.865. The molecule has 0 spiro atoms. The fraction of sp³-hybridized carbons (Fsp3) is 0.474. The third-order valence-corrected chi connectivity index (χ3v) is 5.00. The molecule has 3 heterocycles. The minimum atomic E-state index is 0.0318. The first-order valence-electron chi connectivity index (χ1n) is 8.19. The lowest BCUT2D eigenvalue weighted by Gasteiger charge is -2.34. The van der Waals surface area contributed by atoms with E-state index < -0.39 is 0 Å². The van der Waals surface area contributed by atoms with Gasteiger partial charge >= 0.3 is 0 Å². The van der Waals surface area contributed by atoms with Crippen molar-refractivity contribution >= 4 is 5.70 Å². The second-order valence-electron chi connectivity index (χ2n) is 6.54. The molecule has 0 bridgehead atoms. The largest absolute Gasteiger partial charge is 0.392 e. The molecule has 3 heteroatoms. The first kappa shape index (κ1) is 15.2. The molecule has 3 nitrogen and oxygen atoms in total. The second kappa shape index (κ2) is 5.81. The average molecular weight is 298 g/mol. The van der Waals surface area contributed by atoms with Gasteiger partial charge in [-0.3, -0.25) is 0 Å². The normalized spacial score (nSPS) is 17.0. The third-order valence-electron chi connectivity index (χ3n) is 5.00. The Bertz CT molecular complexity index is 659. The van der Waals surface area contributed by atoms with Crippen LogP contribution in [0.5, 0.6) is 0 Å². The van der Waals surface area contributed by atoms with Crippen molar-refractivity contribution < 1.29 is 5.11 Å². The molecule has 22 heavy (non-hydrogen) atoms. The van der Waals surface area contributed by atoms with Gasteiger partial charge in [-0.1, -0.05) is 18.7 Å². The number of fused-ring (bicyclic) bond motifs is 3. The standard InChI is InChI=1S/C19H26N2O/c1-13(2)18(12-22)15(4)20-10-8-19-17(14(20)3)11-16-7-5-6-9-21(16)19/h11,22H,3-10,12H2,1-2H3. The van der Waals surface area contributed by atoms with E-state index >= 15 is 0 Å². The molecule has 2 aliphatic rings. The molecule has 0 saturated heterocycles. The van der Waals surface area contributed by atoms with E-state index in [0.717, 1.165) is 42.1 Å². The van der Waals surface area contributed by atoms with Crippen LogP contribution in [0, 0.1) is 0 Å². The van der Waals surface area contributed by atoms with Crippen molar-refractivity contribution in [1.29, 1.82) is 0 Å². The van der Waals surface area contributed by atoms with Crippen LogP contribution in [0.15, 0.2) is 36.1 Å². The van der Waals surface area contributed by atoms with Crippen LogP contribution in [0.3, 0.4) is 0 Å². The van der Waals surface area contributed by atoms with Crippen LogP contribution in [0.25, 0.3) is 5.70 Å². The van der Waals surface area contributed by atoms with Crippen molar-refractivity contribution in [3.63, 3.8) is 0 Å². The van der Waals surface area contributed by atoms with Crippen LogP contribution >= 0.6 is 0 Å². The number of rotatable bonds is 3. The van der Waals surface area contributed by atoms with E-state index in [0.29, 0.717) is 0 Å². The van der Waals surface area contributed by atoms with Crippen LogP contribution in [0.4, 0.5) is 0 Å². The van der Waals surface area contributed by atoms with Gasteiger partial charge in [0.15, 0.2) is 0 Å². The Morgan fingerprint density at radius 3 is 2.68 bits per heavy atom. The monoisotopic (exact) mass is 298 g/mol. The molecular weight excluding hydrogens is 272 g/mol. The van der Waals surface area contributed by atoms with Crippen LogP contribution in [0.2, 0.25) is 0 Å². The summed E-state index contributed by atoms with van der Waals surface area (Å²) in [5.74, 6) is 0. The fourth-order valence-electron chi connectivity index (χ4n) is 3.72. The van der Waals surface area contributed by atoms with Crippen LogP contribution in [-0.4, -0.2) is 27.7 Å².